The van der Waals surface area contributed by atoms with Crippen LogP contribution in [0.5, 0.6) is 5.75 Å². The first-order valence-corrected chi connectivity index (χ1v) is 14.8. The van der Waals surface area contributed by atoms with Gasteiger partial charge >= 0.3 is 0 Å². The van der Waals surface area contributed by atoms with E-state index >= 15 is 0 Å². The third-order valence-corrected chi connectivity index (χ3v) is 8.85. The predicted octanol–water partition coefficient (Wildman–Crippen LogP) is 4.93. The topological polar surface area (TPSA) is 126 Å². The number of H-pyrrole nitrogens is 1. The number of ketones is 1. The number of piperidine rings is 1. The van der Waals surface area contributed by atoms with Crippen LogP contribution in [0.4, 0.5) is 5.69 Å². The van der Waals surface area contributed by atoms with Gasteiger partial charge in [0.1, 0.15) is 17.4 Å². The number of amides is 1. The van der Waals surface area contributed by atoms with Crippen molar-refractivity contribution in [3.05, 3.63) is 29.7 Å². The van der Waals surface area contributed by atoms with Crippen molar-refractivity contribution in [2.24, 2.45) is 16.3 Å². The molecule has 0 unspecified atom stereocenters. The molecule has 4 N–H and O–H groups in total. The molecule has 1 spiro atoms. The van der Waals surface area contributed by atoms with Crippen LogP contribution in [0.15, 0.2) is 23.3 Å². The molecule has 1 aromatic heterocycles. The third-order valence-electron chi connectivity index (χ3n) is 8.85. The van der Waals surface area contributed by atoms with Crippen molar-refractivity contribution < 1.29 is 14.3 Å². The van der Waals surface area contributed by atoms with Crippen molar-refractivity contribution in [2.75, 3.05) is 39.5 Å². The Hall–Kier alpha value is -3.20. The number of Topliss-reactive ketones (excluding diaryl/α,β-unsaturated/α-hetero) is 1. The Bertz CT molecular complexity index is 1200. The van der Waals surface area contributed by atoms with Gasteiger partial charge in [0.25, 0.3) is 0 Å². The van der Waals surface area contributed by atoms with Crippen LogP contribution in [-0.4, -0.2) is 66.6 Å². The number of nitrogens with one attached hydrogen (secondary N) is 2. The number of nitrogens with two attached hydrogens (primary N) is 1. The van der Waals surface area contributed by atoms with Crippen molar-refractivity contribution in [1.29, 1.82) is 0 Å². The van der Waals surface area contributed by atoms with Crippen LogP contribution < -0.4 is 15.8 Å². The number of methoxy groups -OCH3 is 1. The Labute approximate surface area is 238 Å². The molecule has 1 aromatic carbocycles. The van der Waals surface area contributed by atoms with Gasteiger partial charge in [-0.3, -0.25) is 14.6 Å². The van der Waals surface area contributed by atoms with Crippen LogP contribution in [0.3, 0.4) is 0 Å². The summed E-state index contributed by atoms with van der Waals surface area (Å²) in [5.74, 6) is 1.91. The number of hydrogen-bond donors (Lipinski definition) is 3. The van der Waals surface area contributed by atoms with Crippen LogP contribution in [0, 0.1) is 11.3 Å². The molecule has 1 amide bonds. The quantitative estimate of drug-likeness (QED) is 0.174. The fourth-order valence-corrected chi connectivity index (χ4v) is 6.05. The number of nitrogens with zero attached hydrogens (tertiary/aromatic N) is 3. The molecular weight excluding hydrogens is 504 g/mol. The maximum atomic E-state index is 13.5. The van der Waals surface area contributed by atoms with Crippen LogP contribution in [0.1, 0.15) is 89.1 Å². The number of unbranched alkanes of at least 4 members (excludes halogenated alkanes) is 2. The molecule has 40 heavy (non-hydrogen) atoms. The summed E-state index contributed by atoms with van der Waals surface area (Å²) in [5, 5.41) is 3.35. The number of benzene rings is 1. The van der Waals surface area contributed by atoms with Crippen molar-refractivity contribution in [3.8, 4) is 17.0 Å². The van der Waals surface area contributed by atoms with Gasteiger partial charge in [0.15, 0.2) is 0 Å². The molecule has 0 radical (unpaired) electrons. The van der Waals surface area contributed by atoms with E-state index in [1.807, 2.05) is 19.1 Å². The van der Waals surface area contributed by atoms with Crippen LogP contribution >= 0.6 is 0 Å². The van der Waals surface area contributed by atoms with Gasteiger partial charge in [0, 0.05) is 48.8 Å². The number of carbonyl (C=O) groups excluding carboxylic acids is 2. The molecule has 1 saturated heterocycles. The fraction of sp³-hybridized carbons (Fsp3) is 0.613. The number of aromatic amines is 1. The van der Waals surface area contributed by atoms with E-state index in [0.717, 1.165) is 87.2 Å². The molecule has 1 aliphatic heterocycles. The van der Waals surface area contributed by atoms with Crippen LogP contribution in [-0.2, 0) is 9.59 Å². The first-order valence-electron chi connectivity index (χ1n) is 14.8. The van der Waals surface area contributed by atoms with Crippen molar-refractivity contribution in [2.45, 2.75) is 77.7 Å². The molecule has 0 bridgehead atoms. The number of rotatable bonds is 14. The summed E-state index contributed by atoms with van der Waals surface area (Å²) in [6.07, 6.45) is 11.3. The lowest BCUT2D eigenvalue weighted by Gasteiger charge is -2.32. The minimum absolute atomic E-state index is 0.0817. The number of anilines is 1. The van der Waals surface area contributed by atoms with E-state index < -0.39 is 0 Å². The number of nitrogen functional groups attached to an aromatic ring is 1. The molecule has 1 saturated carbocycles. The maximum Gasteiger partial charge on any atom is 0.224 e. The Morgan fingerprint density at radius 1 is 1.27 bits per heavy atom. The zero-order valence-corrected chi connectivity index (χ0v) is 24.6. The summed E-state index contributed by atoms with van der Waals surface area (Å²) in [5.41, 5.74) is 9.42. The molecule has 2 aliphatic rings. The highest BCUT2D eigenvalue weighted by Gasteiger charge is 2.58. The maximum absolute atomic E-state index is 13.5. The molecule has 2 fully saturated rings. The smallest absolute Gasteiger partial charge is 0.224 e. The van der Waals surface area contributed by atoms with E-state index in [-0.39, 0.29) is 23.3 Å². The van der Waals surface area contributed by atoms with E-state index in [9.17, 15) is 9.59 Å². The summed E-state index contributed by atoms with van der Waals surface area (Å²) >= 11 is 0. The second-order valence-corrected chi connectivity index (χ2v) is 11.4. The van der Waals surface area contributed by atoms with Gasteiger partial charge in [-0.25, -0.2) is 4.98 Å². The zero-order valence-electron chi connectivity index (χ0n) is 24.6. The second kappa shape index (κ2) is 13.4. The number of imidazole rings is 1. The standard InChI is InChI=1S/C31H46N6O3/c1-5-22(38)10-8-7-9-11-26(36-30(39)24-18-31(24)12-14-37(6-2)15-13-31)29-34-20-27(35-29)23-17-25(32)21(19-33-3)16-28(23)40-4/h16-17,19-20,24,26H,5-15,18,32H2,1-4H3,(H,34,35)(H,36,39)/t24-,26+/m1/s1. The number of aliphatic imine (C=N–C) groups is 1. The molecule has 218 valence electrons. The summed E-state index contributed by atoms with van der Waals surface area (Å²) in [7, 11) is 3.33. The lowest BCUT2D eigenvalue weighted by Crippen LogP contribution is -2.37. The van der Waals surface area contributed by atoms with Gasteiger partial charge in [0.05, 0.1) is 25.0 Å². The summed E-state index contributed by atoms with van der Waals surface area (Å²) in [6.45, 7) is 7.34. The lowest BCUT2D eigenvalue weighted by atomic mass is 9.90. The van der Waals surface area contributed by atoms with Gasteiger partial charge in [-0.15, -0.1) is 0 Å². The number of likely N-dealkylation sites (tertiary alicyclic amines) is 1. The average molecular weight is 551 g/mol. The Morgan fingerprint density at radius 3 is 2.73 bits per heavy atom. The van der Waals surface area contributed by atoms with E-state index in [4.69, 9.17) is 15.5 Å². The fourth-order valence-electron chi connectivity index (χ4n) is 6.05. The molecule has 2 aromatic rings. The van der Waals surface area contributed by atoms with Crippen LogP contribution in [0.2, 0.25) is 0 Å². The van der Waals surface area contributed by atoms with Crippen molar-refractivity contribution in [3.63, 3.8) is 0 Å². The van der Waals surface area contributed by atoms with E-state index in [0.29, 0.717) is 30.1 Å². The average Bonchev–Trinajstić information content (AvgIpc) is 3.43. The van der Waals surface area contributed by atoms with Gasteiger partial charge in [-0.2, -0.15) is 0 Å². The minimum atomic E-state index is -0.230. The Balaban J connectivity index is 1.48. The van der Waals surface area contributed by atoms with Crippen LogP contribution in [0.25, 0.3) is 11.3 Å². The normalized spacial score (nSPS) is 19.1. The SMILES string of the molecule is CCC(=O)CCCCC[C@H](NC(=O)[C@H]1CC12CCN(CC)CC2)c1ncc(-c2cc(N)c(C=NC)cc2OC)[nH]1. The second-order valence-electron chi connectivity index (χ2n) is 11.4. The Kier molecular flexibility index (Phi) is 10.0. The molecule has 1 aliphatic carbocycles. The van der Waals surface area contributed by atoms with E-state index in [1.165, 1.54) is 0 Å². The van der Waals surface area contributed by atoms with Gasteiger partial charge in [0.2, 0.25) is 5.91 Å². The van der Waals surface area contributed by atoms with E-state index in [2.05, 4.69) is 27.1 Å². The summed E-state index contributed by atoms with van der Waals surface area (Å²) in [6, 6.07) is 3.50. The zero-order chi connectivity index (χ0) is 28.7. The van der Waals surface area contributed by atoms with E-state index in [1.54, 1.807) is 26.6 Å². The first-order chi connectivity index (χ1) is 19.3. The molecule has 2 atom stereocenters. The molecule has 9 nitrogen and oxygen atoms in total. The monoisotopic (exact) mass is 550 g/mol. The Morgan fingerprint density at radius 2 is 2.05 bits per heavy atom. The van der Waals surface area contributed by atoms with Gasteiger partial charge in [-0.1, -0.05) is 26.7 Å². The van der Waals surface area contributed by atoms with Crippen molar-refractivity contribution in [1.82, 2.24) is 20.2 Å². The summed E-state index contributed by atoms with van der Waals surface area (Å²) in [4.78, 5) is 39.9. The molecule has 9 heteroatoms. The van der Waals surface area contributed by atoms with Gasteiger partial charge < -0.3 is 25.7 Å². The first kappa shape index (κ1) is 29.8. The largest absolute Gasteiger partial charge is 0.496 e. The number of carbonyl (C=O) groups is 2. The highest BCUT2D eigenvalue weighted by molar-refractivity contribution is 5.90. The number of ether oxygens (including phenoxy) is 1. The highest BCUT2D eigenvalue weighted by atomic mass is 16.5. The molecule has 2 heterocycles. The lowest BCUT2D eigenvalue weighted by molar-refractivity contribution is -0.124. The molecular formula is C31H46N6O3. The predicted molar refractivity (Wildman–Crippen MR) is 160 cm³/mol. The summed E-state index contributed by atoms with van der Waals surface area (Å²) < 4.78 is 5.65. The van der Waals surface area contributed by atoms with Crippen molar-refractivity contribution >= 4 is 23.6 Å². The number of aromatic nitrogens is 2. The molecule has 4 rings (SSSR count). The number of hydrogen-bond acceptors (Lipinski definition) is 7. The van der Waals surface area contributed by atoms with Gasteiger partial charge in [-0.05, 0) is 69.3 Å². The minimum Gasteiger partial charge on any atom is -0.496 e. The highest BCUT2D eigenvalue weighted by Crippen LogP contribution is 2.59. The third kappa shape index (κ3) is 6.92.